The van der Waals surface area contributed by atoms with E-state index in [1.807, 2.05) is 12.1 Å². The maximum absolute atomic E-state index is 10.9. The topological polar surface area (TPSA) is 81.4 Å². The Hall–Kier alpha value is -3.22. The van der Waals surface area contributed by atoms with E-state index >= 15 is 0 Å². The summed E-state index contributed by atoms with van der Waals surface area (Å²) in [6.45, 7) is 1.72. The van der Waals surface area contributed by atoms with Gasteiger partial charge in [0.2, 0.25) is 5.95 Å². The zero-order valence-corrected chi connectivity index (χ0v) is 15.0. The molecule has 2 aromatic carbocycles. The monoisotopic (exact) mass is 364 g/mol. The molecule has 3 aromatic rings. The fourth-order valence-corrected chi connectivity index (χ4v) is 3.67. The van der Waals surface area contributed by atoms with Crippen LogP contribution in [0, 0.1) is 10.1 Å². The number of methoxy groups -OCH3 is 1. The van der Waals surface area contributed by atoms with Gasteiger partial charge in [-0.2, -0.15) is 0 Å². The number of hydrogen-bond acceptors (Lipinski definition) is 6. The minimum Gasteiger partial charge on any atom is -0.496 e. The third kappa shape index (κ3) is 3.40. The third-order valence-corrected chi connectivity index (χ3v) is 5.12. The molecule has 0 amide bonds. The molecule has 1 aromatic heterocycles. The number of hydrogen-bond donors (Lipinski definition) is 0. The van der Waals surface area contributed by atoms with Gasteiger partial charge in [0.15, 0.2) is 0 Å². The zero-order chi connectivity index (χ0) is 18.8. The Morgan fingerprint density at radius 1 is 1.19 bits per heavy atom. The van der Waals surface area contributed by atoms with Gasteiger partial charge < -0.3 is 9.64 Å². The SMILES string of the molecule is COc1ccccc1C1CCN(c2ncc3cc([N+](=O)[O-])ccc3n2)CC1. The van der Waals surface area contributed by atoms with Gasteiger partial charge in [0, 0.05) is 36.8 Å². The summed E-state index contributed by atoms with van der Waals surface area (Å²) in [6, 6.07) is 12.9. The van der Waals surface area contributed by atoms with Gasteiger partial charge >= 0.3 is 0 Å². The second-order valence-electron chi connectivity index (χ2n) is 6.67. The minimum absolute atomic E-state index is 0.0523. The van der Waals surface area contributed by atoms with Crippen molar-refractivity contribution in [3.05, 3.63) is 64.3 Å². The molecule has 0 radical (unpaired) electrons. The van der Waals surface area contributed by atoms with Gasteiger partial charge in [-0.1, -0.05) is 18.2 Å². The maximum Gasteiger partial charge on any atom is 0.270 e. The van der Waals surface area contributed by atoms with Gasteiger partial charge in [-0.3, -0.25) is 10.1 Å². The largest absolute Gasteiger partial charge is 0.496 e. The van der Waals surface area contributed by atoms with Crippen molar-refractivity contribution in [2.24, 2.45) is 0 Å². The Labute approximate surface area is 156 Å². The van der Waals surface area contributed by atoms with Crippen molar-refractivity contribution >= 4 is 22.5 Å². The van der Waals surface area contributed by atoms with Crippen LogP contribution < -0.4 is 9.64 Å². The van der Waals surface area contributed by atoms with E-state index in [0.29, 0.717) is 17.3 Å². The standard InChI is InChI=1S/C20H20N4O3/c1-27-19-5-3-2-4-17(19)14-8-10-23(11-9-14)20-21-13-15-12-16(24(25)26)6-7-18(15)22-20/h2-7,12-14H,8-11H2,1H3. The van der Waals surface area contributed by atoms with Crippen LogP contribution in [-0.4, -0.2) is 35.1 Å². The van der Waals surface area contributed by atoms with E-state index in [1.54, 1.807) is 19.4 Å². The predicted octanol–water partition coefficient (Wildman–Crippen LogP) is 3.93. The van der Waals surface area contributed by atoms with Crippen LogP contribution in [0.2, 0.25) is 0 Å². The number of nitro groups is 1. The van der Waals surface area contributed by atoms with E-state index in [9.17, 15) is 10.1 Å². The highest BCUT2D eigenvalue weighted by Gasteiger charge is 2.24. The summed E-state index contributed by atoms with van der Waals surface area (Å²) in [4.78, 5) is 21.7. The molecule has 1 aliphatic heterocycles. The molecular weight excluding hydrogens is 344 g/mol. The molecule has 1 fully saturated rings. The number of rotatable bonds is 4. The van der Waals surface area contributed by atoms with Crippen LogP contribution in [0.5, 0.6) is 5.75 Å². The molecule has 7 heteroatoms. The second kappa shape index (κ2) is 7.19. The predicted molar refractivity (Wildman–Crippen MR) is 103 cm³/mol. The average Bonchev–Trinajstić information content (AvgIpc) is 2.73. The molecule has 7 nitrogen and oxygen atoms in total. The molecule has 0 N–H and O–H groups in total. The summed E-state index contributed by atoms with van der Waals surface area (Å²) in [5.41, 5.74) is 2.03. The summed E-state index contributed by atoms with van der Waals surface area (Å²) < 4.78 is 5.50. The molecule has 0 unspecified atom stereocenters. The van der Waals surface area contributed by atoms with Gasteiger partial charge in [-0.15, -0.1) is 0 Å². The van der Waals surface area contributed by atoms with Crippen molar-refractivity contribution < 1.29 is 9.66 Å². The molecule has 0 bridgehead atoms. The number of ether oxygens (including phenoxy) is 1. The minimum atomic E-state index is -0.407. The van der Waals surface area contributed by atoms with Crippen LogP contribution in [0.15, 0.2) is 48.7 Å². The van der Waals surface area contributed by atoms with Gasteiger partial charge in [0.05, 0.1) is 17.5 Å². The Balaban J connectivity index is 1.51. The number of anilines is 1. The molecule has 1 aliphatic rings. The molecule has 138 valence electrons. The van der Waals surface area contributed by atoms with Crippen LogP contribution in [-0.2, 0) is 0 Å². The molecule has 2 heterocycles. The van der Waals surface area contributed by atoms with Crippen LogP contribution >= 0.6 is 0 Å². The van der Waals surface area contributed by atoms with Gasteiger partial charge in [0.25, 0.3) is 5.69 Å². The highest BCUT2D eigenvalue weighted by atomic mass is 16.6. The van der Waals surface area contributed by atoms with Gasteiger partial charge in [-0.05, 0) is 36.5 Å². The van der Waals surface area contributed by atoms with Crippen LogP contribution in [0.4, 0.5) is 11.6 Å². The Morgan fingerprint density at radius 3 is 2.70 bits per heavy atom. The lowest BCUT2D eigenvalue weighted by atomic mass is 9.89. The van der Waals surface area contributed by atoms with Crippen molar-refractivity contribution in [3.8, 4) is 5.75 Å². The molecule has 0 saturated carbocycles. The number of non-ortho nitro benzene ring substituents is 1. The summed E-state index contributed by atoms with van der Waals surface area (Å²) >= 11 is 0. The first-order chi connectivity index (χ1) is 13.2. The summed E-state index contributed by atoms with van der Waals surface area (Å²) in [7, 11) is 1.71. The van der Waals surface area contributed by atoms with E-state index in [-0.39, 0.29) is 5.69 Å². The second-order valence-corrected chi connectivity index (χ2v) is 6.67. The van der Waals surface area contributed by atoms with Gasteiger partial charge in [0.1, 0.15) is 5.75 Å². The Bertz CT molecular complexity index is 984. The van der Waals surface area contributed by atoms with Crippen molar-refractivity contribution in [1.29, 1.82) is 0 Å². The summed E-state index contributed by atoms with van der Waals surface area (Å²) in [6.07, 6.45) is 3.67. The Kier molecular flexibility index (Phi) is 4.58. The van der Waals surface area contributed by atoms with E-state index in [2.05, 4.69) is 27.0 Å². The molecular formula is C20H20N4O3. The van der Waals surface area contributed by atoms with Crippen molar-refractivity contribution in [2.75, 3.05) is 25.1 Å². The average molecular weight is 364 g/mol. The maximum atomic E-state index is 10.9. The molecule has 1 saturated heterocycles. The highest BCUT2D eigenvalue weighted by Crippen LogP contribution is 2.34. The molecule has 0 atom stereocenters. The first-order valence-corrected chi connectivity index (χ1v) is 8.95. The number of para-hydroxylation sites is 1. The first kappa shape index (κ1) is 17.2. The summed E-state index contributed by atoms with van der Waals surface area (Å²) in [5, 5.41) is 11.6. The number of piperidine rings is 1. The lowest BCUT2D eigenvalue weighted by molar-refractivity contribution is -0.384. The molecule has 27 heavy (non-hydrogen) atoms. The van der Waals surface area contributed by atoms with Gasteiger partial charge in [-0.25, -0.2) is 9.97 Å². The first-order valence-electron chi connectivity index (χ1n) is 8.95. The van der Waals surface area contributed by atoms with Crippen LogP contribution in [0.3, 0.4) is 0 Å². The smallest absolute Gasteiger partial charge is 0.270 e. The zero-order valence-electron chi connectivity index (χ0n) is 15.0. The van der Waals surface area contributed by atoms with Crippen molar-refractivity contribution in [1.82, 2.24) is 9.97 Å². The van der Waals surface area contributed by atoms with E-state index in [0.717, 1.165) is 37.2 Å². The van der Waals surface area contributed by atoms with Crippen molar-refractivity contribution in [2.45, 2.75) is 18.8 Å². The Morgan fingerprint density at radius 2 is 1.96 bits per heavy atom. The molecule has 0 aliphatic carbocycles. The van der Waals surface area contributed by atoms with Crippen molar-refractivity contribution in [3.63, 3.8) is 0 Å². The van der Waals surface area contributed by atoms with E-state index < -0.39 is 4.92 Å². The normalized spacial score (nSPS) is 15.1. The fourth-order valence-electron chi connectivity index (χ4n) is 3.67. The van der Waals surface area contributed by atoms with E-state index in [4.69, 9.17) is 4.74 Å². The lowest BCUT2D eigenvalue weighted by Gasteiger charge is -2.32. The summed E-state index contributed by atoms with van der Waals surface area (Å²) in [5.74, 6) is 2.08. The quantitative estimate of drug-likeness (QED) is 0.515. The lowest BCUT2D eigenvalue weighted by Crippen LogP contribution is -2.34. The highest BCUT2D eigenvalue weighted by molar-refractivity contribution is 5.81. The third-order valence-electron chi connectivity index (χ3n) is 5.12. The molecule has 4 rings (SSSR count). The number of nitro benzene ring substituents is 1. The number of fused-ring (bicyclic) bond motifs is 1. The number of aromatic nitrogens is 2. The van der Waals surface area contributed by atoms with Crippen LogP contribution in [0.25, 0.3) is 10.9 Å². The number of nitrogens with zero attached hydrogens (tertiary/aromatic N) is 4. The molecule has 0 spiro atoms. The fraction of sp³-hybridized carbons (Fsp3) is 0.300. The number of benzene rings is 2. The van der Waals surface area contributed by atoms with Crippen LogP contribution in [0.1, 0.15) is 24.3 Å². The van der Waals surface area contributed by atoms with E-state index in [1.165, 1.54) is 17.7 Å².